The lowest BCUT2D eigenvalue weighted by atomic mass is 9.72. The van der Waals surface area contributed by atoms with Crippen LogP contribution in [0.2, 0.25) is 0 Å². The van der Waals surface area contributed by atoms with Crippen molar-refractivity contribution in [2.24, 2.45) is 11.3 Å². The van der Waals surface area contributed by atoms with E-state index < -0.39 is 23.6 Å². The van der Waals surface area contributed by atoms with Crippen molar-refractivity contribution < 1.29 is 28.9 Å². The number of methoxy groups -OCH3 is 1. The van der Waals surface area contributed by atoms with Gasteiger partial charge in [0.25, 0.3) is 5.91 Å². The number of hydrogen-bond donors (Lipinski definition) is 1. The fourth-order valence-corrected chi connectivity index (χ4v) is 6.42. The maximum Gasteiger partial charge on any atom is 0.303 e. The zero-order chi connectivity index (χ0) is 25.9. The highest BCUT2D eigenvalue weighted by molar-refractivity contribution is 5.84. The Morgan fingerprint density at radius 2 is 1.72 bits per heavy atom. The Balaban J connectivity index is 1.60. The molecule has 1 aromatic carbocycles. The SMILES string of the molecule is COc1ccc(C2CN(C(=O)C(OC(C)=O)C3CCCCC3)CC2(C)C(C)O)cc1OC1CCCC1. The van der Waals surface area contributed by atoms with Crippen LogP contribution in [0.15, 0.2) is 18.2 Å². The second-order valence-electron chi connectivity index (χ2n) is 11.3. The zero-order valence-electron chi connectivity index (χ0n) is 22.3. The number of benzene rings is 1. The molecule has 2 saturated carbocycles. The molecule has 1 aromatic rings. The van der Waals surface area contributed by atoms with Crippen molar-refractivity contribution in [1.82, 2.24) is 4.90 Å². The first-order valence-corrected chi connectivity index (χ1v) is 13.7. The van der Waals surface area contributed by atoms with E-state index in [0.29, 0.717) is 18.8 Å². The summed E-state index contributed by atoms with van der Waals surface area (Å²) in [5, 5.41) is 10.9. The lowest BCUT2D eigenvalue weighted by Crippen LogP contribution is -2.46. The van der Waals surface area contributed by atoms with Crippen molar-refractivity contribution in [1.29, 1.82) is 0 Å². The summed E-state index contributed by atoms with van der Waals surface area (Å²) >= 11 is 0. The van der Waals surface area contributed by atoms with Gasteiger partial charge in [-0.2, -0.15) is 0 Å². The Bertz CT molecular complexity index is 920. The van der Waals surface area contributed by atoms with Crippen LogP contribution in [0.4, 0.5) is 0 Å². The lowest BCUT2D eigenvalue weighted by Gasteiger charge is -2.34. The van der Waals surface area contributed by atoms with Crippen molar-refractivity contribution >= 4 is 11.9 Å². The van der Waals surface area contributed by atoms with E-state index in [4.69, 9.17) is 14.2 Å². The van der Waals surface area contributed by atoms with Crippen LogP contribution in [-0.2, 0) is 14.3 Å². The van der Waals surface area contributed by atoms with Crippen molar-refractivity contribution in [2.75, 3.05) is 20.2 Å². The maximum absolute atomic E-state index is 13.8. The van der Waals surface area contributed by atoms with E-state index in [1.54, 1.807) is 18.9 Å². The minimum absolute atomic E-state index is 0.0550. The predicted molar refractivity (Wildman–Crippen MR) is 137 cm³/mol. The number of amides is 1. The fourth-order valence-electron chi connectivity index (χ4n) is 6.42. The van der Waals surface area contributed by atoms with Gasteiger partial charge >= 0.3 is 5.97 Å². The van der Waals surface area contributed by atoms with Gasteiger partial charge in [-0.15, -0.1) is 0 Å². The van der Waals surface area contributed by atoms with Crippen LogP contribution >= 0.6 is 0 Å². The Morgan fingerprint density at radius 3 is 2.33 bits per heavy atom. The third-order valence-electron chi connectivity index (χ3n) is 8.80. The number of carbonyl (C=O) groups excluding carboxylic acids is 2. The summed E-state index contributed by atoms with van der Waals surface area (Å²) in [5.41, 5.74) is 0.464. The van der Waals surface area contributed by atoms with E-state index in [1.807, 2.05) is 25.1 Å². The molecule has 4 rings (SSSR count). The Morgan fingerprint density at radius 1 is 1.06 bits per heavy atom. The van der Waals surface area contributed by atoms with Gasteiger partial charge in [0.1, 0.15) is 0 Å². The molecule has 0 aromatic heterocycles. The van der Waals surface area contributed by atoms with Crippen LogP contribution in [0.25, 0.3) is 0 Å². The van der Waals surface area contributed by atoms with Crippen molar-refractivity contribution in [3.05, 3.63) is 23.8 Å². The Kier molecular flexibility index (Phi) is 8.48. The molecule has 1 aliphatic heterocycles. The van der Waals surface area contributed by atoms with Crippen LogP contribution in [-0.4, -0.2) is 60.4 Å². The summed E-state index contributed by atoms with van der Waals surface area (Å²) in [6, 6.07) is 5.97. The van der Waals surface area contributed by atoms with Gasteiger partial charge in [-0.1, -0.05) is 32.3 Å². The minimum Gasteiger partial charge on any atom is -0.493 e. The van der Waals surface area contributed by atoms with Gasteiger partial charge in [0.15, 0.2) is 17.6 Å². The molecule has 1 heterocycles. The number of aliphatic hydroxyl groups is 1. The number of esters is 1. The third-order valence-corrected chi connectivity index (χ3v) is 8.80. The van der Waals surface area contributed by atoms with E-state index in [1.165, 1.54) is 19.8 Å². The Labute approximate surface area is 215 Å². The molecular weight excluding hydrogens is 458 g/mol. The van der Waals surface area contributed by atoms with Gasteiger partial charge in [0.2, 0.25) is 0 Å². The summed E-state index contributed by atoms with van der Waals surface area (Å²) in [4.78, 5) is 27.5. The van der Waals surface area contributed by atoms with E-state index in [9.17, 15) is 14.7 Å². The van der Waals surface area contributed by atoms with Crippen molar-refractivity contribution in [2.45, 2.75) is 103 Å². The summed E-state index contributed by atoms with van der Waals surface area (Å²) in [6.45, 7) is 6.08. The molecule has 1 N–H and O–H groups in total. The fraction of sp³-hybridized carbons (Fsp3) is 0.724. The average Bonchev–Trinajstić information content (AvgIpc) is 3.51. The van der Waals surface area contributed by atoms with E-state index in [2.05, 4.69) is 0 Å². The first-order valence-electron chi connectivity index (χ1n) is 13.7. The summed E-state index contributed by atoms with van der Waals surface area (Å²) in [6.07, 6.45) is 8.31. The van der Waals surface area contributed by atoms with Crippen molar-refractivity contribution in [3.63, 3.8) is 0 Å². The van der Waals surface area contributed by atoms with Gasteiger partial charge in [-0.25, -0.2) is 0 Å². The molecule has 0 bridgehead atoms. The molecule has 4 unspecified atom stereocenters. The van der Waals surface area contributed by atoms with Crippen LogP contribution in [0.3, 0.4) is 0 Å². The zero-order valence-corrected chi connectivity index (χ0v) is 22.3. The smallest absolute Gasteiger partial charge is 0.303 e. The van der Waals surface area contributed by atoms with Crippen LogP contribution in [0.5, 0.6) is 11.5 Å². The molecule has 1 amide bonds. The molecule has 4 atom stereocenters. The molecule has 0 spiro atoms. The van der Waals surface area contributed by atoms with Gasteiger partial charge in [0, 0.05) is 37.3 Å². The van der Waals surface area contributed by atoms with Crippen LogP contribution in [0, 0.1) is 11.3 Å². The number of likely N-dealkylation sites (tertiary alicyclic amines) is 1. The van der Waals surface area contributed by atoms with Gasteiger partial charge < -0.3 is 24.2 Å². The topological polar surface area (TPSA) is 85.3 Å². The number of rotatable bonds is 8. The van der Waals surface area contributed by atoms with Gasteiger partial charge in [-0.05, 0) is 63.1 Å². The summed E-state index contributed by atoms with van der Waals surface area (Å²) in [5.74, 6) is 0.823. The molecule has 36 heavy (non-hydrogen) atoms. The molecule has 2 aliphatic carbocycles. The number of carbonyl (C=O) groups is 2. The van der Waals surface area contributed by atoms with Crippen LogP contribution < -0.4 is 9.47 Å². The van der Waals surface area contributed by atoms with Gasteiger partial charge in [-0.3, -0.25) is 9.59 Å². The van der Waals surface area contributed by atoms with Crippen molar-refractivity contribution in [3.8, 4) is 11.5 Å². The monoisotopic (exact) mass is 501 g/mol. The number of nitrogens with zero attached hydrogens (tertiary/aromatic N) is 1. The van der Waals surface area contributed by atoms with E-state index in [-0.39, 0.29) is 23.8 Å². The second kappa shape index (κ2) is 11.4. The highest BCUT2D eigenvalue weighted by Gasteiger charge is 2.50. The molecule has 3 aliphatic rings. The largest absolute Gasteiger partial charge is 0.493 e. The maximum atomic E-state index is 13.8. The molecule has 1 saturated heterocycles. The highest BCUT2D eigenvalue weighted by atomic mass is 16.5. The lowest BCUT2D eigenvalue weighted by molar-refractivity contribution is -0.163. The number of aliphatic hydroxyl groups excluding tert-OH is 1. The molecule has 7 heteroatoms. The molecular formula is C29H43NO6. The highest BCUT2D eigenvalue weighted by Crippen LogP contribution is 2.47. The normalized spacial score (nSPS) is 27.0. The Hall–Kier alpha value is -2.28. The predicted octanol–water partition coefficient (Wildman–Crippen LogP) is 4.84. The molecule has 7 nitrogen and oxygen atoms in total. The van der Waals surface area contributed by atoms with E-state index in [0.717, 1.165) is 56.3 Å². The number of hydrogen-bond acceptors (Lipinski definition) is 6. The minimum atomic E-state index is -0.753. The van der Waals surface area contributed by atoms with E-state index >= 15 is 0 Å². The standard InChI is InChI=1S/C29H43NO6/c1-19(31)29(3)18-30(28(33)27(35-20(2)32)21-10-6-5-7-11-21)17-24(29)22-14-15-25(34-4)26(16-22)36-23-12-8-9-13-23/h14-16,19,21,23-24,27,31H,5-13,17-18H2,1-4H3. The molecule has 0 radical (unpaired) electrons. The average molecular weight is 502 g/mol. The quantitative estimate of drug-likeness (QED) is 0.513. The van der Waals surface area contributed by atoms with Gasteiger partial charge in [0.05, 0.1) is 19.3 Å². The molecule has 200 valence electrons. The molecule has 3 fully saturated rings. The first kappa shape index (κ1) is 26.8. The van der Waals surface area contributed by atoms with Crippen LogP contribution in [0.1, 0.15) is 90.0 Å². The number of ether oxygens (including phenoxy) is 3. The summed E-state index contributed by atoms with van der Waals surface area (Å²) in [7, 11) is 1.65. The second-order valence-corrected chi connectivity index (χ2v) is 11.3. The third kappa shape index (κ3) is 5.66. The first-order chi connectivity index (χ1) is 17.2. The summed E-state index contributed by atoms with van der Waals surface area (Å²) < 4.78 is 17.5.